The van der Waals surface area contributed by atoms with Gasteiger partial charge in [0.05, 0.1) is 24.2 Å². The van der Waals surface area contributed by atoms with E-state index in [2.05, 4.69) is 16.7 Å². The molecule has 2 N–H and O–H groups in total. The molecule has 1 aliphatic heterocycles. The molecule has 1 unspecified atom stereocenters. The Hall–Kier alpha value is -0.720. The highest BCUT2D eigenvalue weighted by atomic mass is 32.1. The first-order chi connectivity index (χ1) is 8.58. The first-order valence-corrected chi connectivity index (χ1v) is 6.90. The molecule has 1 rings (SSSR count). The summed E-state index contributed by atoms with van der Waals surface area (Å²) in [5.41, 5.74) is 5.74. The van der Waals surface area contributed by atoms with Gasteiger partial charge < -0.3 is 10.5 Å². The highest BCUT2D eigenvalue weighted by Gasteiger charge is 2.25. The van der Waals surface area contributed by atoms with E-state index in [4.69, 9.17) is 22.7 Å². The molecule has 1 saturated heterocycles. The maximum Gasteiger partial charge on any atom is 0.320 e. The Morgan fingerprint density at radius 3 is 2.39 bits per heavy atom. The van der Waals surface area contributed by atoms with Crippen molar-refractivity contribution in [2.24, 2.45) is 5.73 Å². The third-order valence-corrected chi connectivity index (χ3v) is 3.49. The summed E-state index contributed by atoms with van der Waals surface area (Å²) in [6.45, 7) is 8.25. The molecule has 1 fully saturated rings. The molecule has 1 heterocycles. The highest BCUT2D eigenvalue weighted by molar-refractivity contribution is 7.80. The van der Waals surface area contributed by atoms with Crippen LogP contribution in [0.3, 0.4) is 0 Å². The van der Waals surface area contributed by atoms with Gasteiger partial charge >= 0.3 is 5.97 Å². The van der Waals surface area contributed by atoms with Gasteiger partial charge in [0.25, 0.3) is 0 Å². The molecule has 1 atom stereocenters. The molecule has 0 aromatic carbocycles. The van der Waals surface area contributed by atoms with Crippen LogP contribution in [0.15, 0.2) is 0 Å². The quantitative estimate of drug-likeness (QED) is 0.552. The fourth-order valence-electron chi connectivity index (χ4n) is 2.26. The Bertz CT molecular complexity index is 291. The van der Waals surface area contributed by atoms with Crippen molar-refractivity contribution in [1.82, 2.24) is 9.80 Å². The lowest BCUT2D eigenvalue weighted by Crippen LogP contribution is -2.54. The summed E-state index contributed by atoms with van der Waals surface area (Å²) < 4.78 is 4.94. The van der Waals surface area contributed by atoms with Crippen LogP contribution in [0.4, 0.5) is 0 Å². The van der Waals surface area contributed by atoms with Crippen molar-refractivity contribution >= 4 is 23.2 Å². The lowest BCUT2D eigenvalue weighted by atomic mass is 10.1. The molecule has 0 aliphatic carbocycles. The van der Waals surface area contributed by atoms with E-state index in [1.165, 1.54) is 0 Å². The summed E-state index contributed by atoms with van der Waals surface area (Å²) in [6.07, 6.45) is 0.938. The first kappa shape index (κ1) is 15.3. The maximum atomic E-state index is 11.4. The number of carbonyl (C=O) groups is 1. The van der Waals surface area contributed by atoms with Crippen LogP contribution in [0.5, 0.6) is 0 Å². The van der Waals surface area contributed by atoms with Gasteiger partial charge in [-0.2, -0.15) is 0 Å². The monoisotopic (exact) mass is 273 g/mol. The minimum absolute atomic E-state index is 0.146. The van der Waals surface area contributed by atoms with Crippen LogP contribution in [-0.2, 0) is 9.53 Å². The predicted octanol–water partition coefficient (Wildman–Crippen LogP) is 0.232. The molecule has 0 saturated carbocycles. The van der Waals surface area contributed by atoms with Gasteiger partial charge in [-0.3, -0.25) is 14.6 Å². The Labute approximate surface area is 114 Å². The molecular weight excluding hydrogens is 250 g/mol. The van der Waals surface area contributed by atoms with Crippen molar-refractivity contribution < 1.29 is 9.53 Å². The van der Waals surface area contributed by atoms with Crippen LogP contribution in [-0.4, -0.2) is 66.1 Å². The minimum Gasteiger partial charge on any atom is -0.465 e. The zero-order valence-electron chi connectivity index (χ0n) is 11.2. The molecule has 104 valence electrons. The van der Waals surface area contributed by atoms with Gasteiger partial charge in [-0.05, 0) is 13.3 Å². The second-order valence-corrected chi connectivity index (χ2v) is 4.91. The minimum atomic E-state index is -0.146. The molecule has 0 aromatic heterocycles. The molecule has 18 heavy (non-hydrogen) atoms. The number of esters is 1. The molecule has 0 bridgehead atoms. The average molecular weight is 273 g/mol. The second-order valence-electron chi connectivity index (χ2n) is 4.44. The SMILES string of the molecule is CCOC(=O)CN1CCN(C(CC)C(N)=S)CC1. The van der Waals surface area contributed by atoms with Crippen molar-refractivity contribution in [2.75, 3.05) is 39.3 Å². The summed E-state index contributed by atoms with van der Waals surface area (Å²) in [4.78, 5) is 16.3. The van der Waals surface area contributed by atoms with Crippen molar-refractivity contribution in [1.29, 1.82) is 0 Å². The number of piperazine rings is 1. The topological polar surface area (TPSA) is 58.8 Å². The van der Waals surface area contributed by atoms with Gasteiger partial charge in [0.15, 0.2) is 0 Å². The summed E-state index contributed by atoms with van der Waals surface area (Å²) in [5.74, 6) is -0.146. The molecular formula is C12H23N3O2S. The number of hydrogen-bond donors (Lipinski definition) is 1. The second kappa shape index (κ2) is 7.66. The number of nitrogens with two attached hydrogens (primary N) is 1. The van der Waals surface area contributed by atoms with E-state index in [0.29, 0.717) is 18.1 Å². The molecule has 0 amide bonds. The average Bonchev–Trinajstić information content (AvgIpc) is 2.32. The lowest BCUT2D eigenvalue weighted by Gasteiger charge is -2.38. The normalized spacial score (nSPS) is 19.4. The molecule has 1 aliphatic rings. The first-order valence-electron chi connectivity index (χ1n) is 6.49. The number of carbonyl (C=O) groups excluding carboxylic acids is 1. The Balaban J connectivity index is 2.36. The van der Waals surface area contributed by atoms with E-state index in [9.17, 15) is 4.79 Å². The van der Waals surface area contributed by atoms with Crippen molar-refractivity contribution in [3.63, 3.8) is 0 Å². The summed E-state index contributed by atoms with van der Waals surface area (Å²) in [6, 6.07) is 0.185. The van der Waals surface area contributed by atoms with Gasteiger partial charge in [-0.25, -0.2) is 0 Å². The van der Waals surface area contributed by atoms with Gasteiger partial charge in [0.2, 0.25) is 0 Å². The molecule has 6 heteroatoms. The van der Waals surface area contributed by atoms with E-state index in [0.717, 1.165) is 32.6 Å². The molecule has 0 radical (unpaired) electrons. The van der Waals surface area contributed by atoms with E-state index in [-0.39, 0.29) is 12.0 Å². The highest BCUT2D eigenvalue weighted by Crippen LogP contribution is 2.09. The van der Waals surface area contributed by atoms with E-state index in [1.807, 2.05) is 6.92 Å². The van der Waals surface area contributed by atoms with E-state index < -0.39 is 0 Å². The van der Waals surface area contributed by atoms with Crippen molar-refractivity contribution in [3.05, 3.63) is 0 Å². The van der Waals surface area contributed by atoms with Crippen LogP contribution in [0.1, 0.15) is 20.3 Å². The summed E-state index contributed by atoms with van der Waals surface area (Å²) in [7, 11) is 0. The third kappa shape index (κ3) is 4.51. The standard InChI is InChI=1S/C12H23N3O2S/c1-3-10(12(13)18)15-7-5-14(6-8-15)9-11(16)17-4-2/h10H,3-9H2,1-2H3,(H2,13,18). The number of thiocarbonyl (C=S) groups is 1. The zero-order chi connectivity index (χ0) is 13.5. The van der Waals surface area contributed by atoms with E-state index in [1.54, 1.807) is 0 Å². The number of ether oxygens (including phenoxy) is 1. The predicted molar refractivity (Wildman–Crippen MR) is 75.5 cm³/mol. The van der Waals surface area contributed by atoms with Crippen molar-refractivity contribution in [2.45, 2.75) is 26.3 Å². The lowest BCUT2D eigenvalue weighted by molar-refractivity contribution is -0.144. The number of hydrogen-bond acceptors (Lipinski definition) is 5. The van der Waals surface area contributed by atoms with Crippen LogP contribution in [0, 0.1) is 0 Å². The maximum absolute atomic E-state index is 11.4. The van der Waals surface area contributed by atoms with E-state index >= 15 is 0 Å². The fraction of sp³-hybridized carbons (Fsp3) is 0.833. The number of rotatable bonds is 6. The van der Waals surface area contributed by atoms with Crippen LogP contribution < -0.4 is 5.73 Å². The van der Waals surface area contributed by atoms with Gasteiger partial charge in [0.1, 0.15) is 0 Å². The Morgan fingerprint density at radius 2 is 1.94 bits per heavy atom. The summed E-state index contributed by atoms with van der Waals surface area (Å²) in [5, 5.41) is 0. The van der Waals surface area contributed by atoms with Gasteiger partial charge in [-0.15, -0.1) is 0 Å². The molecule has 0 spiro atoms. The number of nitrogens with zero attached hydrogens (tertiary/aromatic N) is 2. The summed E-state index contributed by atoms with van der Waals surface area (Å²) >= 11 is 5.08. The third-order valence-electron chi connectivity index (χ3n) is 3.22. The Kier molecular flexibility index (Phi) is 6.52. The smallest absolute Gasteiger partial charge is 0.320 e. The van der Waals surface area contributed by atoms with Gasteiger partial charge in [0, 0.05) is 26.2 Å². The fourth-order valence-corrected chi connectivity index (χ4v) is 2.58. The van der Waals surface area contributed by atoms with Crippen LogP contribution in [0.2, 0.25) is 0 Å². The van der Waals surface area contributed by atoms with Crippen molar-refractivity contribution in [3.8, 4) is 0 Å². The van der Waals surface area contributed by atoms with Crippen LogP contribution in [0.25, 0.3) is 0 Å². The molecule has 0 aromatic rings. The molecule has 5 nitrogen and oxygen atoms in total. The van der Waals surface area contributed by atoms with Crippen LogP contribution >= 0.6 is 12.2 Å². The zero-order valence-corrected chi connectivity index (χ0v) is 12.0. The van der Waals surface area contributed by atoms with Gasteiger partial charge in [-0.1, -0.05) is 19.1 Å². The largest absolute Gasteiger partial charge is 0.465 e. The Morgan fingerprint density at radius 1 is 1.33 bits per heavy atom.